The van der Waals surface area contributed by atoms with E-state index in [1.165, 1.54) is 25.3 Å². The van der Waals surface area contributed by atoms with Crippen molar-refractivity contribution in [1.29, 1.82) is 0 Å². The molecule has 2 aliphatic carbocycles. The van der Waals surface area contributed by atoms with Crippen molar-refractivity contribution in [1.82, 2.24) is 4.90 Å². The van der Waals surface area contributed by atoms with Crippen LogP contribution in [0.1, 0.15) is 65.9 Å². The Morgan fingerprint density at radius 1 is 1.30 bits per heavy atom. The molecule has 33 heavy (non-hydrogen) atoms. The van der Waals surface area contributed by atoms with Crippen LogP contribution in [0.4, 0.5) is 0 Å². The fourth-order valence-electron chi connectivity index (χ4n) is 6.73. The number of fused-ring (bicyclic) bond motifs is 1. The van der Waals surface area contributed by atoms with Gasteiger partial charge in [0.05, 0.1) is 12.0 Å². The number of likely N-dealkylation sites (tertiary alicyclic amines) is 1. The Morgan fingerprint density at radius 2 is 2.03 bits per heavy atom. The zero-order chi connectivity index (χ0) is 23.8. The molecule has 1 aliphatic heterocycles. The SMILES string of the molecule is CC(=O)O[C@@H]1[C][C@@]2(O)[C@H](C)CC[C@@H]([C@H](C)CN3CCCC(C)(c4ccccc4)C3)[C@H]2C=C1C. The van der Waals surface area contributed by atoms with Crippen LogP contribution in [0.25, 0.3) is 0 Å². The number of hydrogen-bond acceptors (Lipinski definition) is 4. The maximum Gasteiger partial charge on any atom is 0.303 e. The molecule has 3 aliphatic rings. The third-order valence-corrected chi connectivity index (χ3v) is 8.68. The summed E-state index contributed by atoms with van der Waals surface area (Å²) in [6, 6.07) is 11.0. The molecule has 1 aromatic rings. The van der Waals surface area contributed by atoms with E-state index in [0.29, 0.717) is 11.8 Å². The molecule has 4 nitrogen and oxygen atoms in total. The highest BCUT2D eigenvalue weighted by molar-refractivity contribution is 5.66. The molecule has 0 aromatic heterocycles. The van der Waals surface area contributed by atoms with Gasteiger partial charge in [-0.15, -0.1) is 0 Å². The van der Waals surface area contributed by atoms with Crippen LogP contribution in [-0.4, -0.2) is 47.3 Å². The van der Waals surface area contributed by atoms with E-state index in [1.807, 2.05) is 6.92 Å². The van der Waals surface area contributed by atoms with Crippen LogP contribution < -0.4 is 0 Å². The van der Waals surface area contributed by atoms with Gasteiger partial charge in [0.1, 0.15) is 6.10 Å². The second kappa shape index (κ2) is 9.54. The van der Waals surface area contributed by atoms with Crippen LogP contribution in [0, 0.1) is 30.1 Å². The molecule has 4 heteroatoms. The maximum absolute atomic E-state index is 11.8. The molecular formula is C29H41NO3. The van der Waals surface area contributed by atoms with Crippen molar-refractivity contribution in [3.05, 3.63) is 54.0 Å². The van der Waals surface area contributed by atoms with Crippen LogP contribution in [0.5, 0.6) is 0 Å². The fraction of sp³-hybridized carbons (Fsp3) is 0.655. The molecule has 4 rings (SSSR count). The highest BCUT2D eigenvalue weighted by Gasteiger charge is 2.53. The summed E-state index contributed by atoms with van der Waals surface area (Å²) in [5.41, 5.74) is 1.58. The predicted molar refractivity (Wildman–Crippen MR) is 132 cm³/mol. The van der Waals surface area contributed by atoms with Crippen molar-refractivity contribution in [2.24, 2.45) is 23.7 Å². The minimum absolute atomic E-state index is 0.0216. The highest BCUT2D eigenvalue weighted by atomic mass is 16.5. The summed E-state index contributed by atoms with van der Waals surface area (Å²) in [6.07, 6.45) is 9.49. The van der Waals surface area contributed by atoms with Gasteiger partial charge in [0.25, 0.3) is 0 Å². The number of esters is 1. The van der Waals surface area contributed by atoms with E-state index in [4.69, 9.17) is 4.74 Å². The predicted octanol–water partition coefficient (Wildman–Crippen LogP) is 5.04. The number of aliphatic hydroxyl groups is 1. The van der Waals surface area contributed by atoms with Gasteiger partial charge in [-0.2, -0.15) is 0 Å². The number of carbonyl (C=O) groups is 1. The van der Waals surface area contributed by atoms with Crippen LogP contribution in [-0.2, 0) is 14.9 Å². The Balaban J connectivity index is 1.49. The summed E-state index contributed by atoms with van der Waals surface area (Å²) in [7, 11) is 0. The first-order chi connectivity index (χ1) is 15.6. The molecule has 0 bridgehead atoms. The summed E-state index contributed by atoms with van der Waals surface area (Å²) >= 11 is 0. The van der Waals surface area contributed by atoms with Crippen molar-refractivity contribution in [3.8, 4) is 0 Å². The van der Waals surface area contributed by atoms with E-state index in [2.05, 4.69) is 68.5 Å². The van der Waals surface area contributed by atoms with E-state index in [-0.39, 0.29) is 23.2 Å². The smallest absolute Gasteiger partial charge is 0.303 e. The van der Waals surface area contributed by atoms with Crippen molar-refractivity contribution < 1.29 is 14.6 Å². The molecular weight excluding hydrogens is 410 g/mol. The number of nitrogens with zero attached hydrogens (tertiary/aromatic N) is 1. The van der Waals surface area contributed by atoms with Crippen LogP contribution in [0.15, 0.2) is 42.0 Å². The molecule has 2 radical (unpaired) electrons. The van der Waals surface area contributed by atoms with Crippen molar-refractivity contribution in [3.63, 3.8) is 0 Å². The second-order valence-electron chi connectivity index (χ2n) is 11.3. The van der Waals surface area contributed by atoms with Crippen LogP contribution in [0.2, 0.25) is 0 Å². The second-order valence-corrected chi connectivity index (χ2v) is 11.3. The average molecular weight is 452 g/mol. The quantitative estimate of drug-likeness (QED) is 0.503. The number of rotatable bonds is 5. The number of hydrogen-bond donors (Lipinski definition) is 1. The Morgan fingerprint density at radius 3 is 2.73 bits per heavy atom. The highest BCUT2D eigenvalue weighted by Crippen LogP contribution is 2.51. The Kier molecular flexibility index (Phi) is 7.08. The molecule has 1 heterocycles. The lowest BCUT2D eigenvalue weighted by atomic mass is 9.57. The van der Waals surface area contributed by atoms with Gasteiger partial charge in [0.2, 0.25) is 0 Å². The lowest BCUT2D eigenvalue weighted by Crippen LogP contribution is -2.57. The van der Waals surface area contributed by atoms with Crippen LogP contribution in [0.3, 0.4) is 0 Å². The number of benzene rings is 1. The van der Waals surface area contributed by atoms with Crippen molar-refractivity contribution in [2.45, 2.75) is 77.4 Å². The first-order valence-electron chi connectivity index (χ1n) is 12.8. The van der Waals surface area contributed by atoms with Gasteiger partial charge >= 0.3 is 5.97 Å². The summed E-state index contributed by atoms with van der Waals surface area (Å²) in [5, 5.41) is 11.8. The zero-order valence-electron chi connectivity index (χ0n) is 21.0. The lowest BCUT2D eigenvalue weighted by molar-refractivity contribution is -0.148. The topological polar surface area (TPSA) is 49.8 Å². The van der Waals surface area contributed by atoms with Crippen LogP contribution >= 0.6 is 0 Å². The number of ether oxygens (including phenoxy) is 1. The number of carbonyl (C=O) groups excluding carboxylic acids is 1. The average Bonchev–Trinajstić information content (AvgIpc) is 2.76. The third kappa shape index (κ3) is 4.93. The normalized spacial score (nSPS) is 38.2. The van der Waals surface area contributed by atoms with Gasteiger partial charge in [0.15, 0.2) is 0 Å². The van der Waals surface area contributed by atoms with Gasteiger partial charge < -0.3 is 14.7 Å². The van der Waals surface area contributed by atoms with E-state index >= 15 is 0 Å². The van der Waals surface area contributed by atoms with Gasteiger partial charge in [0, 0.05) is 31.3 Å². The van der Waals surface area contributed by atoms with Gasteiger partial charge in [-0.1, -0.05) is 57.2 Å². The van der Waals surface area contributed by atoms with E-state index in [1.54, 1.807) is 0 Å². The van der Waals surface area contributed by atoms with E-state index in [9.17, 15) is 9.90 Å². The summed E-state index contributed by atoms with van der Waals surface area (Å²) in [4.78, 5) is 14.2. The third-order valence-electron chi connectivity index (χ3n) is 8.68. The molecule has 1 saturated heterocycles. The molecule has 7 atom stereocenters. The molecule has 1 saturated carbocycles. The molecule has 0 amide bonds. The summed E-state index contributed by atoms with van der Waals surface area (Å²) < 4.78 is 5.46. The largest absolute Gasteiger partial charge is 0.457 e. The van der Waals surface area contributed by atoms with Gasteiger partial charge in [-0.05, 0) is 68.0 Å². The monoisotopic (exact) mass is 451 g/mol. The first-order valence-corrected chi connectivity index (χ1v) is 12.8. The minimum Gasteiger partial charge on any atom is -0.457 e. The maximum atomic E-state index is 11.8. The Labute approximate surface area is 200 Å². The van der Waals surface area contributed by atoms with Gasteiger partial charge in [-0.25, -0.2) is 0 Å². The van der Waals surface area contributed by atoms with E-state index < -0.39 is 11.7 Å². The van der Waals surface area contributed by atoms with Gasteiger partial charge in [-0.3, -0.25) is 4.79 Å². The zero-order valence-corrected chi connectivity index (χ0v) is 21.0. The minimum atomic E-state index is -1.04. The lowest BCUT2D eigenvalue weighted by Gasteiger charge is -2.53. The fourth-order valence-corrected chi connectivity index (χ4v) is 6.73. The summed E-state index contributed by atoms with van der Waals surface area (Å²) in [5.74, 6) is 0.639. The Bertz CT molecular complexity index is 867. The molecule has 1 aromatic carbocycles. The number of piperidine rings is 1. The molecule has 1 N–H and O–H groups in total. The van der Waals surface area contributed by atoms with Crippen molar-refractivity contribution in [2.75, 3.05) is 19.6 Å². The molecule has 2 fully saturated rings. The first kappa shape index (κ1) is 24.5. The molecule has 1 unspecified atom stereocenters. The van der Waals surface area contributed by atoms with Crippen molar-refractivity contribution >= 4 is 5.97 Å². The Hall–Kier alpha value is -1.65. The van der Waals surface area contributed by atoms with E-state index in [0.717, 1.165) is 38.0 Å². The standard InChI is InChI=1S/C29H41NO3/c1-20-16-26-25(13-12-22(3)29(26,32)17-27(20)33-23(4)31)21(2)18-30-15-9-14-28(5,19-30)24-10-7-6-8-11-24/h6-8,10-11,16,21-22,25-27,32H,9,12-15,18-19H2,1-5H3/t21-,22-,25+,26-,27-,28?,29-/m1/s1. The molecule has 0 spiro atoms. The molecule has 180 valence electrons. The summed E-state index contributed by atoms with van der Waals surface area (Å²) in [6.45, 7) is 13.6.